The van der Waals surface area contributed by atoms with E-state index in [2.05, 4.69) is 5.32 Å². The Morgan fingerprint density at radius 2 is 1.81 bits per heavy atom. The average molecular weight is 404 g/mol. The van der Waals surface area contributed by atoms with Gasteiger partial charge in [0.15, 0.2) is 0 Å². The van der Waals surface area contributed by atoms with Crippen LogP contribution in [-0.4, -0.2) is 64.2 Å². The van der Waals surface area contributed by atoms with Crippen LogP contribution in [-0.2, 0) is 9.59 Å². The van der Waals surface area contributed by atoms with E-state index in [-0.39, 0.29) is 36.5 Å². The standard InChI is InChI=1S/C17H20N2O6S.Na.H/c1-17(2)12(16(22)23)19-14(21)11(15(19)26-17)18-13(20)10-8(24-3)6-5-7-9(10)25-4;;/h5-7,11-12,15H,1-4H3,(H,18,20)(H,22,23);;/q;+1;-1/t11-,12+,15-;;/m1../s1. The molecule has 0 aromatic heterocycles. The number of fused-ring (bicyclic) bond motifs is 1. The molecule has 2 fully saturated rings. The molecule has 27 heavy (non-hydrogen) atoms. The van der Waals surface area contributed by atoms with Crippen LogP contribution in [0.4, 0.5) is 0 Å². The van der Waals surface area contributed by atoms with Gasteiger partial charge in [0.25, 0.3) is 5.91 Å². The molecule has 1 aromatic rings. The number of rotatable bonds is 5. The van der Waals surface area contributed by atoms with Crippen molar-refractivity contribution in [1.82, 2.24) is 10.2 Å². The molecule has 0 aliphatic carbocycles. The first-order valence-electron chi connectivity index (χ1n) is 7.97. The molecule has 0 radical (unpaired) electrons. The van der Waals surface area contributed by atoms with E-state index in [1.807, 2.05) is 0 Å². The summed E-state index contributed by atoms with van der Waals surface area (Å²) in [6.45, 7) is 3.56. The Morgan fingerprint density at radius 3 is 2.30 bits per heavy atom. The predicted molar refractivity (Wildman–Crippen MR) is 95.6 cm³/mol. The molecule has 3 rings (SSSR count). The van der Waals surface area contributed by atoms with E-state index in [1.54, 1.807) is 32.0 Å². The van der Waals surface area contributed by atoms with Gasteiger partial charge in [0.1, 0.15) is 34.5 Å². The van der Waals surface area contributed by atoms with Crippen LogP contribution in [0.25, 0.3) is 0 Å². The maximum Gasteiger partial charge on any atom is 1.00 e. The number of carbonyl (C=O) groups is 3. The van der Waals surface area contributed by atoms with E-state index < -0.39 is 40.0 Å². The summed E-state index contributed by atoms with van der Waals surface area (Å²) in [4.78, 5) is 38.1. The van der Waals surface area contributed by atoms with Crippen LogP contribution < -0.4 is 44.3 Å². The fourth-order valence-electron chi connectivity index (χ4n) is 3.43. The van der Waals surface area contributed by atoms with Gasteiger partial charge in [-0.2, -0.15) is 0 Å². The Bertz CT molecular complexity index is 771. The Kier molecular flexibility index (Phi) is 6.40. The number of β-lactam (4-membered cyclic amide) rings is 1. The average Bonchev–Trinajstić information content (AvgIpc) is 2.86. The minimum absolute atomic E-state index is 0. The zero-order valence-corrected chi connectivity index (χ0v) is 18.6. The van der Waals surface area contributed by atoms with Crippen LogP contribution in [0.5, 0.6) is 11.5 Å². The number of hydrogen-bond donors (Lipinski definition) is 2. The Morgan fingerprint density at radius 1 is 1.26 bits per heavy atom. The Hall–Kier alpha value is -1.42. The zero-order valence-electron chi connectivity index (χ0n) is 16.8. The van der Waals surface area contributed by atoms with Crippen LogP contribution in [0, 0.1) is 0 Å². The minimum Gasteiger partial charge on any atom is -1.00 e. The third-order valence-electron chi connectivity index (χ3n) is 4.62. The number of methoxy groups -OCH3 is 2. The van der Waals surface area contributed by atoms with Crippen molar-refractivity contribution in [2.24, 2.45) is 0 Å². The number of nitrogens with zero attached hydrogens (tertiary/aromatic N) is 1. The number of amides is 2. The fraction of sp³-hybridized carbons (Fsp3) is 0.471. The van der Waals surface area contributed by atoms with Crippen molar-refractivity contribution in [3.05, 3.63) is 23.8 Å². The number of ether oxygens (including phenoxy) is 2. The molecule has 8 nitrogen and oxygen atoms in total. The quantitative estimate of drug-likeness (QED) is 0.435. The molecule has 0 saturated carbocycles. The second kappa shape index (κ2) is 7.90. The molecule has 0 unspecified atom stereocenters. The maximum atomic E-state index is 12.8. The molecule has 2 saturated heterocycles. The topological polar surface area (TPSA) is 105 Å². The number of aliphatic carboxylic acids is 1. The van der Waals surface area contributed by atoms with Gasteiger partial charge in [0, 0.05) is 4.75 Å². The Balaban J connectivity index is 0.00000196. The number of hydrogen-bond acceptors (Lipinski definition) is 6. The first-order valence-corrected chi connectivity index (χ1v) is 8.85. The smallest absolute Gasteiger partial charge is 1.00 e. The van der Waals surface area contributed by atoms with Gasteiger partial charge >= 0.3 is 35.5 Å². The van der Waals surface area contributed by atoms with E-state index in [1.165, 1.54) is 30.9 Å². The van der Waals surface area contributed by atoms with Crippen LogP contribution in [0.2, 0.25) is 0 Å². The van der Waals surface area contributed by atoms with Gasteiger partial charge < -0.3 is 26.2 Å². The normalized spacial score (nSPS) is 25.0. The zero-order chi connectivity index (χ0) is 19.2. The molecule has 0 spiro atoms. The van der Waals surface area contributed by atoms with Crippen molar-refractivity contribution in [3.63, 3.8) is 0 Å². The van der Waals surface area contributed by atoms with Gasteiger partial charge in [0.05, 0.1) is 14.2 Å². The van der Waals surface area contributed by atoms with Gasteiger partial charge in [-0.3, -0.25) is 9.59 Å². The molecule has 2 aliphatic heterocycles. The van der Waals surface area contributed by atoms with E-state index in [0.717, 1.165) is 0 Å². The first kappa shape index (κ1) is 21.9. The third-order valence-corrected chi connectivity index (χ3v) is 6.19. The fourth-order valence-corrected chi connectivity index (χ4v) is 5.06. The molecular weight excluding hydrogens is 383 g/mol. The third kappa shape index (κ3) is 3.53. The molecule has 3 atom stereocenters. The van der Waals surface area contributed by atoms with Crippen molar-refractivity contribution in [2.45, 2.75) is 36.1 Å². The Labute approximate surface area is 184 Å². The van der Waals surface area contributed by atoms with Crippen LogP contribution in [0.3, 0.4) is 0 Å². The molecular formula is C17H21N2NaO6S. The SMILES string of the molecule is COc1cccc(OC)c1C(=O)N[C@@H]1C(=O)N2[C@@H]1SC(C)(C)[C@@H]2C(=O)O.[H-].[Na+]. The summed E-state index contributed by atoms with van der Waals surface area (Å²) in [6, 6.07) is 3.24. The molecule has 2 N–H and O–H groups in total. The summed E-state index contributed by atoms with van der Waals surface area (Å²) >= 11 is 1.37. The van der Waals surface area contributed by atoms with Crippen molar-refractivity contribution in [1.29, 1.82) is 0 Å². The van der Waals surface area contributed by atoms with Gasteiger partial charge in [-0.05, 0) is 26.0 Å². The second-order valence-corrected chi connectivity index (χ2v) is 8.36. The summed E-state index contributed by atoms with van der Waals surface area (Å²) in [5, 5.41) is 11.7. The molecule has 0 bridgehead atoms. The number of nitrogens with one attached hydrogen (secondary N) is 1. The maximum absolute atomic E-state index is 12.8. The molecule has 142 valence electrons. The van der Waals surface area contributed by atoms with Crippen molar-refractivity contribution < 1.29 is 59.9 Å². The monoisotopic (exact) mass is 404 g/mol. The van der Waals surface area contributed by atoms with Gasteiger partial charge in [-0.1, -0.05) is 6.07 Å². The van der Waals surface area contributed by atoms with Crippen molar-refractivity contribution in [3.8, 4) is 11.5 Å². The van der Waals surface area contributed by atoms with E-state index in [9.17, 15) is 19.5 Å². The number of carbonyl (C=O) groups excluding carboxylic acids is 2. The molecule has 2 heterocycles. The number of carboxylic acid groups (broad SMARTS) is 1. The number of thioether (sulfide) groups is 1. The van der Waals surface area contributed by atoms with Crippen LogP contribution in [0.1, 0.15) is 25.6 Å². The molecule has 10 heteroatoms. The number of benzene rings is 1. The summed E-state index contributed by atoms with van der Waals surface area (Å²) < 4.78 is 9.79. The van der Waals surface area contributed by atoms with Gasteiger partial charge in [-0.25, -0.2) is 4.79 Å². The van der Waals surface area contributed by atoms with Gasteiger partial charge in [-0.15, -0.1) is 11.8 Å². The van der Waals surface area contributed by atoms with E-state index in [4.69, 9.17) is 9.47 Å². The van der Waals surface area contributed by atoms with Crippen molar-refractivity contribution in [2.75, 3.05) is 14.2 Å². The minimum atomic E-state index is -1.05. The largest absolute Gasteiger partial charge is 1.00 e. The number of carboxylic acids is 1. The summed E-state index contributed by atoms with van der Waals surface area (Å²) in [5.41, 5.74) is 0.195. The molecule has 2 amide bonds. The molecule has 1 aromatic carbocycles. The van der Waals surface area contributed by atoms with E-state index in [0.29, 0.717) is 11.5 Å². The summed E-state index contributed by atoms with van der Waals surface area (Å²) in [6.07, 6.45) is 0. The summed E-state index contributed by atoms with van der Waals surface area (Å²) in [5.74, 6) is -1.30. The molecule has 2 aliphatic rings. The second-order valence-electron chi connectivity index (χ2n) is 6.59. The van der Waals surface area contributed by atoms with Crippen LogP contribution >= 0.6 is 11.8 Å². The summed E-state index contributed by atoms with van der Waals surface area (Å²) in [7, 11) is 2.88. The van der Waals surface area contributed by atoms with E-state index >= 15 is 0 Å². The van der Waals surface area contributed by atoms with Gasteiger partial charge in [0.2, 0.25) is 5.91 Å². The van der Waals surface area contributed by atoms with Crippen LogP contribution in [0.15, 0.2) is 18.2 Å². The predicted octanol–water partition coefficient (Wildman–Crippen LogP) is -1.93. The first-order chi connectivity index (χ1) is 12.2. The van der Waals surface area contributed by atoms with Crippen molar-refractivity contribution >= 4 is 29.5 Å².